The third kappa shape index (κ3) is 4.20. The monoisotopic (exact) mass is 296 g/mol. The lowest BCUT2D eigenvalue weighted by Gasteiger charge is -2.36. The molecule has 1 saturated heterocycles. The number of ether oxygens (including phenoxy) is 1. The van der Waals surface area contributed by atoms with Crippen molar-refractivity contribution in [2.24, 2.45) is 0 Å². The minimum absolute atomic E-state index is 0.0391. The van der Waals surface area contributed by atoms with Gasteiger partial charge < -0.3 is 15.0 Å². The molecule has 0 aromatic heterocycles. The van der Waals surface area contributed by atoms with E-state index in [1.807, 2.05) is 29.2 Å². The average molecular weight is 297 g/mol. The fraction of sp³-hybridized carbons (Fsp3) is 0.533. The summed E-state index contributed by atoms with van der Waals surface area (Å²) in [5.41, 5.74) is 0.906. The van der Waals surface area contributed by atoms with Crippen molar-refractivity contribution < 1.29 is 9.53 Å². The third-order valence-electron chi connectivity index (χ3n) is 3.35. The quantitative estimate of drug-likeness (QED) is 0.925. The highest BCUT2D eigenvalue weighted by atomic mass is 35.5. The Bertz CT molecular complexity index is 457. The Balaban J connectivity index is 1.79. The van der Waals surface area contributed by atoms with Gasteiger partial charge in [-0.2, -0.15) is 0 Å². The van der Waals surface area contributed by atoms with Gasteiger partial charge in [-0.3, -0.25) is 4.79 Å². The van der Waals surface area contributed by atoms with Gasteiger partial charge in [-0.15, -0.1) is 0 Å². The predicted molar refractivity (Wildman–Crippen MR) is 79.7 cm³/mol. The Hall–Kier alpha value is -1.10. The summed E-state index contributed by atoms with van der Waals surface area (Å²) in [5.74, 6) is 0.0391. The maximum atomic E-state index is 12.1. The van der Waals surface area contributed by atoms with Gasteiger partial charge in [0.05, 0.1) is 6.61 Å². The van der Waals surface area contributed by atoms with E-state index in [2.05, 4.69) is 19.2 Å². The van der Waals surface area contributed by atoms with Crippen molar-refractivity contribution in [3.63, 3.8) is 0 Å². The summed E-state index contributed by atoms with van der Waals surface area (Å²) < 4.78 is 5.49. The number of rotatable bonds is 4. The maximum absolute atomic E-state index is 12.1. The maximum Gasteiger partial charge on any atom is 0.248 e. The van der Waals surface area contributed by atoms with Crippen LogP contribution in [0.5, 0.6) is 0 Å². The first-order valence-corrected chi connectivity index (χ1v) is 7.29. The Morgan fingerprint density at radius 2 is 2.00 bits per heavy atom. The van der Waals surface area contributed by atoms with Crippen LogP contribution in [0.1, 0.15) is 19.4 Å². The van der Waals surface area contributed by atoms with Gasteiger partial charge in [0.1, 0.15) is 6.61 Å². The molecule has 4 nitrogen and oxygen atoms in total. The first-order chi connectivity index (χ1) is 9.56. The molecule has 0 radical (unpaired) electrons. The molecule has 1 amide bonds. The standard InChI is InChI=1S/C15H21ClN2O2/c1-11-7-18(8-12(2)17-11)15(19)10-20-9-13-5-3-4-6-14(13)16/h3-6,11-12,17H,7-10H2,1-2H3/t11-,12-/m1/s1. The summed E-state index contributed by atoms with van der Waals surface area (Å²) in [6.07, 6.45) is 0. The minimum atomic E-state index is 0.0391. The van der Waals surface area contributed by atoms with Gasteiger partial charge in [-0.25, -0.2) is 0 Å². The van der Waals surface area contributed by atoms with Gasteiger partial charge in [0, 0.05) is 30.2 Å². The lowest BCUT2D eigenvalue weighted by atomic mass is 10.1. The largest absolute Gasteiger partial charge is 0.367 e. The summed E-state index contributed by atoms with van der Waals surface area (Å²) in [6.45, 7) is 6.10. The van der Waals surface area contributed by atoms with E-state index in [0.29, 0.717) is 23.7 Å². The number of benzene rings is 1. The van der Waals surface area contributed by atoms with E-state index in [1.165, 1.54) is 0 Å². The summed E-state index contributed by atoms with van der Waals surface area (Å²) in [7, 11) is 0. The molecule has 1 aliphatic heterocycles. The molecule has 110 valence electrons. The Morgan fingerprint density at radius 3 is 2.65 bits per heavy atom. The zero-order valence-electron chi connectivity index (χ0n) is 11.9. The minimum Gasteiger partial charge on any atom is -0.367 e. The molecule has 0 spiro atoms. The van der Waals surface area contributed by atoms with E-state index in [-0.39, 0.29) is 12.5 Å². The second-order valence-corrected chi connectivity index (χ2v) is 5.76. The number of piperazine rings is 1. The molecule has 0 aliphatic carbocycles. The van der Waals surface area contributed by atoms with E-state index in [4.69, 9.17) is 16.3 Å². The van der Waals surface area contributed by atoms with Crippen molar-refractivity contribution >= 4 is 17.5 Å². The van der Waals surface area contributed by atoms with Crippen LogP contribution in [-0.4, -0.2) is 42.6 Å². The van der Waals surface area contributed by atoms with E-state index in [9.17, 15) is 4.79 Å². The van der Waals surface area contributed by atoms with Crippen molar-refractivity contribution in [3.05, 3.63) is 34.9 Å². The summed E-state index contributed by atoms with van der Waals surface area (Å²) >= 11 is 6.04. The van der Waals surface area contributed by atoms with Crippen LogP contribution < -0.4 is 5.32 Å². The normalized spacial score (nSPS) is 22.9. The molecule has 1 aromatic rings. The van der Waals surface area contributed by atoms with Gasteiger partial charge in [-0.1, -0.05) is 29.8 Å². The van der Waals surface area contributed by atoms with Gasteiger partial charge in [0.25, 0.3) is 0 Å². The number of nitrogens with one attached hydrogen (secondary N) is 1. The Labute approximate surface area is 125 Å². The lowest BCUT2D eigenvalue weighted by Crippen LogP contribution is -2.56. The topological polar surface area (TPSA) is 41.6 Å². The van der Waals surface area contributed by atoms with E-state index >= 15 is 0 Å². The summed E-state index contributed by atoms with van der Waals surface area (Å²) in [6, 6.07) is 8.16. The van der Waals surface area contributed by atoms with Crippen molar-refractivity contribution in [2.75, 3.05) is 19.7 Å². The van der Waals surface area contributed by atoms with Crippen LogP contribution in [0.15, 0.2) is 24.3 Å². The Morgan fingerprint density at radius 1 is 1.35 bits per heavy atom. The van der Waals surface area contributed by atoms with Gasteiger partial charge >= 0.3 is 0 Å². The fourth-order valence-corrected chi connectivity index (χ4v) is 2.68. The van der Waals surface area contributed by atoms with E-state index in [1.54, 1.807) is 0 Å². The molecule has 2 rings (SSSR count). The molecule has 1 heterocycles. The molecule has 0 unspecified atom stereocenters. The third-order valence-corrected chi connectivity index (χ3v) is 3.72. The van der Waals surface area contributed by atoms with Gasteiger partial charge in [0.15, 0.2) is 0 Å². The zero-order valence-corrected chi connectivity index (χ0v) is 12.7. The second-order valence-electron chi connectivity index (χ2n) is 5.35. The molecule has 1 N–H and O–H groups in total. The van der Waals surface area contributed by atoms with E-state index < -0.39 is 0 Å². The molecule has 0 saturated carbocycles. The van der Waals surface area contributed by atoms with Crippen molar-refractivity contribution in [1.82, 2.24) is 10.2 Å². The van der Waals surface area contributed by atoms with Crippen molar-refractivity contribution in [3.8, 4) is 0 Å². The van der Waals surface area contributed by atoms with Crippen molar-refractivity contribution in [1.29, 1.82) is 0 Å². The van der Waals surface area contributed by atoms with Crippen LogP contribution in [0.25, 0.3) is 0 Å². The SMILES string of the molecule is C[C@@H]1CN(C(=O)COCc2ccccc2Cl)C[C@@H](C)N1. The lowest BCUT2D eigenvalue weighted by molar-refractivity contribution is -0.138. The fourth-order valence-electron chi connectivity index (χ4n) is 2.49. The summed E-state index contributed by atoms with van der Waals surface area (Å²) in [5, 5.41) is 4.07. The molecular weight excluding hydrogens is 276 g/mol. The average Bonchev–Trinajstić information content (AvgIpc) is 2.39. The number of hydrogen-bond acceptors (Lipinski definition) is 3. The smallest absolute Gasteiger partial charge is 0.248 e. The first-order valence-electron chi connectivity index (χ1n) is 6.91. The number of halogens is 1. The van der Waals surface area contributed by atoms with E-state index in [0.717, 1.165) is 18.7 Å². The zero-order chi connectivity index (χ0) is 14.5. The molecular formula is C15H21ClN2O2. The van der Waals surface area contributed by atoms with Crippen LogP contribution in [0.4, 0.5) is 0 Å². The number of amides is 1. The molecule has 1 fully saturated rings. The van der Waals surface area contributed by atoms with Crippen molar-refractivity contribution in [2.45, 2.75) is 32.5 Å². The molecule has 5 heteroatoms. The Kier molecular flexibility index (Phi) is 5.40. The molecule has 20 heavy (non-hydrogen) atoms. The molecule has 0 bridgehead atoms. The van der Waals surface area contributed by atoms with Gasteiger partial charge in [0.2, 0.25) is 5.91 Å². The van der Waals surface area contributed by atoms with Crippen LogP contribution in [-0.2, 0) is 16.1 Å². The van der Waals surface area contributed by atoms with Gasteiger partial charge in [-0.05, 0) is 25.5 Å². The molecule has 1 aromatic carbocycles. The van der Waals surface area contributed by atoms with Crippen LogP contribution in [0.2, 0.25) is 5.02 Å². The first kappa shape index (κ1) is 15.3. The summed E-state index contributed by atoms with van der Waals surface area (Å²) in [4.78, 5) is 14.0. The second kappa shape index (κ2) is 7.07. The highest BCUT2D eigenvalue weighted by Crippen LogP contribution is 2.15. The number of carbonyl (C=O) groups excluding carboxylic acids is 1. The highest BCUT2D eigenvalue weighted by Gasteiger charge is 2.24. The van der Waals surface area contributed by atoms with Crippen LogP contribution in [0.3, 0.4) is 0 Å². The molecule has 2 atom stereocenters. The van der Waals surface area contributed by atoms with Crippen LogP contribution in [0, 0.1) is 0 Å². The molecule has 1 aliphatic rings. The number of hydrogen-bond donors (Lipinski definition) is 1. The number of nitrogens with zero attached hydrogens (tertiary/aromatic N) is 1. The number of carbonyl (C=O) groups is 1. The van der Waals surface area contributed by atoms with Crippen LogP contribution >= 0.6 is 11.6 Å². The predicted octanol–water partition coefficient (Wildman–Crippen LogP) is 2.07. The highest BCUT2D eigenvalue weighted by molar-refractivity contribution is 6.31.